The molecule has 1 amide bonds. The molecule has 4 rings (SSSR count). The van der Waals surface area contributed by atoms with E-state index in [1.54, 1.807) is 11.1 Å². The van der Waals surface area contributed by atoms with Gasteiger partial charge in [0.15, 0.2) is 0 Å². The molecule has 3 heteroatoms. The molecule has 0 N–H and O–H groups in total. The van der Waals surface area contributed by atoms with E-state index in [2.05, 4.69) is 22.9 Å². The number of nitrogens with zero attached hydrogens (tertiary/aromatic N) is 2. The van der Waals surface area contributed by atoms with Crippen molar-refractivity contribution in [2.45, 2.75) is 32.1 Å². The number of para-hydroxylation sites is 1. The second kappa shape index (κ2) is 5.31. The largest absolute Gasteiger partial charge is 0.350 e. The summed E-state index contributed by atoms with van der Waals surface area (Å²) >= 11 is 0. The summed E-state index contributed by atoms with van der Waals surface area (Å²) in [6.07, 6.45) is 7.42. The SMILES string of the molecule is Cn1cc(CC(=O)N2CCC(=C3CC3)CC2)c2ccccc21. The van der Waals surface area contributed by atoms with Gasteiger partial charge in [0.05, 0.1) is 6.42 Å². The second-order valence-corrected chi connectivity index (χ2v) is 6.55. The number of likely N-dealkylation sites (tertiary alicyclic amines) is 1. The molecule has 1 saturated heterocycles. The summed E-state index contributed by atoms with van der Waals surface area (Å²) in [6.45, 7) is 1.81. The highest BCUT2D eigenvalue weighted by molar-refractivity contribution is 5.89. The van der Waals surface area contributed by atoms with Crippen molar-refractivity contribution in [3.8, 4) is 0 Å². The van der Waals surface area contributed by atoms with E-state index in [1.807, 2.05) is 24.1 Å². The van der Waals surface area contributed by atoms with Crippen molar-refractivity contribution < 1.29 is 4.79 Å². The third-order valence-electron chi connectivity index (χ3n) is 5.04. The maximum atomic E-state index is 12.6. The van der Waals surface area contributed by atoms with E-state index in [0.29, 0.717) is 6.42 Å². The molecule has 114 valence electrons. The van der Waals surface area contributed by atoms with Crippen LogP contribution >= 0.6 is 0 Å². The van der Waals surface area contributed by atoms with Crippen molar-refractivity contribution >= 4 is 16.8 Å². The Morgan fingerprint density at radius 1 is 1.05 bits per heavy atom. The van der Waals surface area contributed by atoms with E-state index in [4.69, 9.17) is 0 Å². The molecule has 1 aromatic carbocycles. The van der Waals surface area contributed by atoms with Gasteiger partial charge in [0.2, 0.25) is 5.91 Å². The summed E-state index contributed by atoms with van der Waals surface area (Å²) in [7, 11) is 2.05. The average Bonchev–Trinajstić information content (AvgIpc) is 3.35. The highest BCUT2D eigenvalue weighted by Crippen LogP contribution is 2.36. The van der Waals surface area contributed by atoms with Gasteiger partial charge in [-0.3, -0.25) is 4.79 Å². The van der Waals surface area contributed by atoms with E-state index in [1.165, 1.54) is 23.7 Å². The van der Waals surface area contributed by atoms with Crippen molar-refractivity contribution in [3.05, 3.63) is 47.2 Å². The lowest BCUT2D eigenvalue weighted by molar-refractivity contribution is -0.130. The van der Waals surface area contributed by atoms with Crippen LogP contribution in [0.25, 0.3) is 10.9 Å². The first kappa shape index (κ1) is 13.6. The molecule has 0 radical (unpaired) electrons. The van der Waals surface area contributed by atoms with Crippen LogP contribution in [-0.4, -0.2) is 28.5 Å². The predicted molar refractivity (Wildman–Crippen MR) is 88.7 cm³/mol. The molecule has 0 spiro atoms. The number of amides is 1. The molecule has 1 saturated carbocycles. The smallest absolute Gasteiger partial charge is 0.227 e. The van der Waals surface area contributed by atoms with E-state index < -0.39 is 0 Å². The predicted octanol–water partition coefficient (Wildman–Crippen LogP) is 3.43. The standard InChI is InChI=1S/C19H22N2O/c1-20-13-16(17-4-2-3-5-18(17)20)12-19(22)21-10-8-15(9-11-21)14-6-7-14/h2-5,13H,6-12H2,1H3. The normalized spacial score (nSPS) is 18.1. The lowest BCUT2D eigenvalue weighted by Crippen LogP contribution is -2.37. The van der Waals surface area contributed by atoms with Crippen LogP contribution in [0.15, 0.2) is 41.6 Å². The summed E-state index contributed by atoms with van der Waals surface area (Å²) in [6, 6.07) is 8.32. The number of piperidine rings is 1. The van der Waals surface area contributed by atoms with Crippen molar-refractivity contribution in [2.75, 3.05) is 13.1 Å². The van der Waals surface area contributed by atoms with Crippen LogP contribution in [0.3, 0.4) is 0 Å². The average molecular weight is 294 g/mol. The summed E-state index contributed by atoms with van der Waals surface area (Å²) < 4.78 is 2.11. The van der Waals surface area contributed by atoms with Crippen molar-refractivity contribution in [2.24, 2.45) is 7.05 Å². The van der Waals surface area contributed by atoms with Gasteiger partial charge in [-0.25, -0.2) is 0 Å². The first-order valence-corrected chi connectivity index (χ1v) is 8.23. The maximum absolute atomic E-state index is 12.6. The number of carbonyl (C=O) groups is 1. The second-order valence-electron chi connectivity index (χ2n) is 6.55. The van der Waals surface area contributed by atoms with Crippen LogP contribution in [0.4, 0.5) is 0 Å². The number of aryl methyl sites for hydroxylation is 1. The van der Waals surface area contributed by atoms with Gasteiger partial charge in [0.1, 0.15) is 0 Å². The van der Waals surface area contributed by atoms with Crippen LogP contribution in [0.5, 0.6) is 0 Å². The number of hydrogen-bond donors (Lipinski definition) is 0. The van der Waals surface area contributed by atoms with Gasteiger partial charge in [-0.1, -0.05) is 29.3 Å². The highest BCUT2D eigenvalue weighted by Gasteiger charge is 2.24. The molecule has 2 aromatic rings. The first-order chi connectivity index (χ1) is 10.7. The molecule has 3 nitrogen and oxygen atoms in total. The van der Waals surface area contributed by atoms with E-state index in [9.17, 15) is 4.79 Å². The summed E-state index contributed by atoms with van der Waals surface area (Å²) in [5, 5.41) is 1.20. The summed E-state index contributed by atoms with van der Waals surface area (Å²) in [5.74, 6) is 0.274. The third-order valence-corrected chi connectivity index (χ3v) is 5.04. The molecular formula is C19H22N2O. The van der Waals surface area contributed by atoms with Gasteiger partial charge in [-0.15, -0.1) is 0 Å². The molecule has 2 fully saturated rings. The van der Waals surface area contributed by atoms with E-state index in [0.717, 1.165) is 31.5 Å². The monoisotopic (exact) mass is 294 g/mol. The quantitative estimate of drug-likeness (QED) is 0.779. The fourth-order valence-electron chi connectivity index (χ4n) is 3.64. The van der Waals surface area contributed by atoms with Gasteiger partial charge >= 0.3 is 0 Å². The van der Waals surface area contributed by atoms with Gasteiger partial charge in [0.25, 0.3) is 0 Å². The molecule has 1 aromatic heterocycles. The Kier molecular flexibility index (Phi) is 3.29. The molecule has 2 aliphatic rings. The zero-order valence-corrected chi connectivity index (χ0v) is 13.1. The Balaban J connectivity index is 1.48. The maximum Gasteiger partial charge on any atom is 0.227 e. The van der Waals surface area contributed by atoms with Gasteiger partial charge in [-0.05, 0) is 37.3 Å². The Labute approximate surface area is 131 Å². The van der Waals surface area contributed by atoms with Gasteiger partial charge < -0.3 is 9.47 Å². The fourth-order valence-corrected chi connectivity index (χ4v) is 3.64. The molecule has 2 heterocycles. The highest BCUT2D eigenvalue weighted by atomic mass is 16.2. The number of fused-ring (bicyclic) bond motifs is 1. The Morgan fingerprint density at radius 3 is 2.45 bits per heavy atom. The number of benzene rings is 1. The molecule has 1 aliphatic heterocycles. The van der Waals surface area contributed by atoms with E-state index >= 15 is 0 Å². The number of allylic oxidation sites excluding steroid dienone is 1. The van der Waals surface area contributed by atoms with Gasteiger partial charge in [0, 0.05) is 37.2 Å². The summed E-state index contributed by atoms with van der Waals surface area (Å²) in [4.78, 5) is 14.7. The van der Waals surface area contributed by atoms with Crippen LogP contribution in [0.1, 0.15) is 31.2 Å². The molecule has 0 unspecified atom stereocenters. The molecular weight excluding hydrogens is 272 g/mol. The minimum absolute atomic E-state index is 0.274. The van der Waals surface area contributed by atoms with Crippen LogP contribution in [0.2, 0.25) is 0 Å². The van der Waals surface area contributed by atoms with Crippen LogP contribution in [-0.2, 0) is 18.3 Å². The number of hydrogen-bond acceptors (Lipinski definition) is 1. The minimum Gasteiger partial charge on any atom is -0.350 e. The number of carbonyl (C=O) groups excluding carboxylic acids is 1. The van der Waals surface area contributed by atoms with Gasteiger partial charge in [-0.2, -0.15) is 0 Å². The molecule has 0 bridgehead atoms. The van der Waals surface area contributed by atoms with Crippen molar-refractivity contribution in [3.63, 3.8) is 0 Å². The molecule has 0 atom stereocenters. The lowest BCUT2D eigenvalue weighted by atomic mass is 10.0. The first-order valence-electron chi connectivity index (χ1n) is 8.23. The Morgan fingerprint density at radius 2 is 1.73 bits per heavy atom. The number of aromatic nitrogens is 1. The lowest BCUT2D eigenvalue weighted by Gasteiger charge is -2.28. The van der Waals surface area contributed by atoms with Crippen LogP contribution < -0.4 is 0 Å². The van der Waals surface area contributed by atoms with Crippen molar-refractivity contribution in [1.29, 1.82) is 0 Å². The Hall–Kier alpha value is -2.03. The topological polar surface area (TPSA) is 25.2 Å². The molecule has 1 aliphatic carbocycles. The minimum atomic E-state index is 0.274. The summed E-state index contributed by atoms with van der Waals surface area (Å²) in [5.41, 5.74) is 5.65. The Bertz CT molecular complexity index is 753. The number of rotatable bonds is 2. The fraction of sp³-hybridized carbons (Fsp3) is 0.421. The molecule has 22 heavy (non-hydrogen) atoms. The van der Waals surface area contributed by atoms with Crippen LogP contribution in [0, 0.1) is 0 Å². The van der Waals surface area contributed by atoms with Crippen molar-refractivity contribution in [1.82, 2.24) is 9.47 Å². The zero-order valence-electron chi connectivity index (χ0n) is 13.1. The third kappa shape index (κ3) is 2.45. The van der Waals surface area contributed by atoms with E-state index in [-0.39, 0.29) is 5.91 Å². The zero-order chi connectivity index (χ0) is 15.1.